The third kappa shape index (κ3) is 2.17. The Balaban J connectivity index is 1.89. The van der Waals surface area contributed by atoms with Gasteiger partial charge in [0.05, 0.1) is 0 Å². The summed E-state index contributed by atoms with van der Waals surface area (Å²) < 4.78 is 0. The predicted octanol–water partition coefficient (Wildman–Crippen LogP) is 2.70. The van der Waals surface area contributed by atoms with Gasteiger partial charge >= 0.3 is 0 Å². The molecule has 1 heterocycles. The second-order valence-corrected chi connectivity index (χ2v) is 6.78. The highest BCUT2D eigenvalue weighted by Gasteiger charge is 2.45. The molecule has 20 heavy (non-hydrogen) atoms. The second-order valence-electron chi connectivity index (χ2n) is 6.78. The van der Waals surface area contributed by atoms with Crippen LogP contribution in [0.3, 0.4) is 0 Å². The fraction of sp³-hybridized carbons (Fsp3) is 0.706. The summed E-state index contributed by atoms with van der Waals surface area (Å²) in [5.74, 6) is 0.437. The highest BCUT2D eigenvalue weighted by atomic mass is 15.2. The van der Waals surface area contributed by atoms with Gasteiger partial charge in [0.2, 0.25) is 0 Å². The molecule has 1 aromatic rings. The maximum Gasteiger partial charge on any atom is 0.0482 e. The topological polar surface area (TPSA) is 42.1 Å². The van der Waals surface area contributed by atoms with Crippen molar-refractivity contribution in [3.05, 3.63) is 29.6 Å². The zero-order valence-corrected chi connectivity index (χ0v) is 12.8. The lowest BCUT2D eigenvalue weighted by Crippen LogP contribution is -2.60. The number of hydrogen-bond donors (Lipinski definition) is 1. The van der Waals surface area contributed by atoms with Crippen LogP contribution in [-0.2, 0) is 6.42 Å². The maximum absolute atomic E-state index is 6.82. The Kier molecular flexibility index (Phi) is 3.83. The van der Waals surface area contributed by atoms with Gasteiger partial charge in [-0.2, -0.15) is 0 Å². The van der Waals surface area contributed by atoms with Crippen molar-refractivity contribution in [2.75, 3.05) is 14.1 Å². The lowest BCUT2D eigenvalue weighted by atomic mass is 9.71. The molecule has 2 N–H and O–H groups in total. The standard InChI is InChI=1S/C17H27N3/c1-20(2)17(10-4-3-5-11-17)16(18)14-9-8-13-7-6-12-19-15(13)14/h6-7,12,14,16H,3-5,8-11,18H2,1-2H3. The summed E-state index contributed by atoms with van der Waals surface area (Å²) in [7, 11) is 4.42. The molecular weight excluding hydrogens is 246 g/mol. The van der Waals surface area contributed by atoms with Gasteiger partial charge in [0.15, 0.2) is 0 Å². The Morgan fingerprint density at radius 2 is 2.05 bits per heavy atom. The van der Waals surface area contributed by atoms with E-state index in [1.54, 1.807) is 0 Å². The molecule has 1 aromatic heterocycles. The summed E-state index contributed by atoms with van der Waals surface area (Å²) in [5, 5.41) is 0. The molecule has 0 aliphatic heterocycles. The van der Waals surface area contributed by atoms with Gasteiger partial charge in [0, 0.05) is 29.4 Å². The number of likely N-dealkylation sites (N-methyl/N-ethyl adjacent to an activating group) is 1. The average molecular weight is 273 g/mol. The van der Waals surface area contributed by atoms with E-state index in [0.717, 1.165) is 6.42 Å². The molecule has 2 aliphatic carbocycles. The first kappa shape index (κ1) is 14.0. The summed E-state index contributed by atoms with van der Waals surface area (Å²) in [6.07, 6.45) is 10.7. The molecule has 3 heteroatoms. The zero-order chi connectivity index (χ0) is 14.2. The molecule has 1 saturated carbocycles. The van der Waals surface area contributed by atoms with Crippen LogP contribution in [0.15, 0.2) is 18.3 Å². The molecule has 0 bridgehead atoms. The number of rotatable bonds is 3. The molecule has 0 spiro atoms. The van der Waals surface area contributed by atoms with Crippen LogP contribution in [0, 0.1) is 0 Å². The highest BCUT2D eigenvalue weighted by Crippen LogP contribution is 2.43. The van der Waals surface area contributed by atoms with Gasteiger partial charge in [0.25, 0.3) is 0 Å². The zero-order valence-electron chi connectivity index (χ0n) is 12.8. The van der Waals surface area contributed by atoms with Crippen LogP contribution in [0.2, 0.25) is 0 Å². The summed E-state index contributed by atoms with van der Waals surface area (Å²) in [6.45, 7) is 0. The molecule has 3 nitrogen and oxygen atoms in total. The maximum atomic E-state index is 6.82. The van der Waals surface area contributed by atoms with Gasteiger partial charge in [0.1, 0.15) is 0 Å². The number of nitrogens with zero attached hydrogens (tertiary/aromatic N) is 2. The Morgan fingerprint density at radius 1 is 1.30 bits per heavy atom. The van der Waals surface area contributed by atoms with E-state index in [1.165, 1.54) is 49.8 Å². The highest BCUT2D eigenvalue weighted by molar-refractivity contribution is 5.31. The minimum Gasteiger partial charge on any atom is -0.326 e. The van der Waals surface area contributed by atoms with Crippen molar-refractivity contribution >= 4 is 0 Å². The van der Waals surface area contributed by atoms with Crippen LogP contribution in [0.1, 0.15) is 55.7 Å². The van der Waals surface area contributed by atoms with Gasteiger partial charge in [-0.05, 0) is 51.4 Å². The van der Waals surface area contributed by atoms with E-state index >= 15 is 0 Å². The number of aryl methyl sites for hydroxylation is 1. The minimum atomic E-state index is 0.169. The summed E-state index contributed by atoms with van der Waals surface area (Å²) >= 11 is 0. The van der Waals surface area contributed by atoms with Crippen LogP contribution < -0.4 is 5.73 Å². The molecule has 0 saturated heterocycles. The van der Waals surface area contributed by atoms with E-state index in [4.69, 9.17) is 5.73 Å². The molecular formula is C17H27N3. The van der Waals surface area contributed by atoms with Crippen molar-refractivity contribution in [1.29, 1.82) is 0 Å². The summed E-state index contributed by atoms with van der Waals surface area (Å²) in [4.78, 5) is 7.05. The first-order valence-electron chi connectivity index (χ1n) is 8.02. The normalized spacial score (nSPS) is 26.5. The predicted molar refractivity (Wildman–Crippen MR) is 82.8 cm³/mol. The Morgan fingerprint density at radius 3 is 2.75 bits per heavy atom. The molecule has 110 valence electrons. The van der Waals surface area contributed by atoms with Crippen LogP contribution >= 0.6 is 0 Å². The van der Waals surface area contributed by atoms with Crippen molar-refractivity contribution in [3.63, 3.8) is 0 Å². The monoisotopic (exact) mass is 273 g/mol. The van der Waals surface area contributed by atoms with Crippen LogP contribution in [0.25, 0.3) is 0 Å². The average Bonchev–Trinajstić information content (AvgIpc) is 2.91. The van der Waals surface area contributed by atoms with Crippen molar-refractivity contribution < 1.29 is 0 Å². The van der Waals surface area contributed by atoms with Crippen molar-refractivity contribution in [3.8, 4) is 0 Å². The summed E-state index contributed by atoms with van der Waals surface area (Å²) in [5.41, 5.74) is 9.68. The van der Waals surface area contributed by atoms with Gasteiger partial charge in [-0.3, -0.25) is 4.98 Å². The number of pyridine rings is 1. The molecule has 0 amide bonds. The molecule has 2 unspecified atom stereocenters. The second kappa shape index (κ2) is 5.45. The quantitative estimate of drug-likeness (QED) is 0.920. The molecule has 3 rings (SSSR count). The molecule has 1 fully saturated rings. The third-order valence-electron chi connectivity index (χ3n) is 5.67. The molecule has 2 atom stereocenters. The Bertz CT molecular complexity index is 463. The lowest BCUT2D eigenvalue weighted by molar-refractivity contribution is 0.0609. The molecule has 0 radical (unpaired) electrons. The lowest BCUT2D eigenvalue weighted by Gasteiger charge is -2.49. The van der Waals surface area contributed by atoms with E-state index < -0.39 is 0 Å². The smallest absolute Gasteiger partial charge is 0.0482 e. The van der Waals surface area contributed by atoms with Crippen LogP contribution in [-0.4, -0.2) is 35.6 Å². The van der Waals surface area contributed by atoms with Gasteiger partial charge in [-0.1, -0.05) is 25.3 Å². The molecule has 0 aromatic carbocycles. The van der Waals surface area contributed by atoms with E-state index in [9.17, 15) is 0 Å². The minimum absolute atomic E-state index is 0.169. The largest absolute Gasteiger partial charge is 0.326 e. The Labute approximate surface area is 122 Å². The van der Waals surface area contributed by atoms with Gasteiger partial charge in [-0.15, -0.1) is 0 Å². The van der Waals surface area contributed by atoms with Crippen molar-refractivity contribution in [2.45, 2.75) is 62.4 Å². The summed E-state index contributed by atoms with van der Waals surface area (Å²) in [6, 6.07) is 4.47. The van der Waals surface area contributed by atoms with Crippen LogP contribution in [0.5, 0.6) is 0 Å². The third-order valence-corrected chi connectivity index (χ3v) is 5.67. The molecule has 2 aliphatic rings. The number of fused-ring (bicyclic) bond motifs is 1. The van der Waals surface area contributed by atoms with Crippen molar-refractivity contribution in [1.82, 2.24) is 9.88 Å². The first-order valence-corrected chi connectivity index (χ1v) is 8.02. The van der Waals surface area contributed by atoms with Gasteiger partial charge < -0.3 is 10.6 Å². The van der Waals surface area contributed by atoms with E-state index in [-0.39, 0.29) is 11.6 Å². The first-order chi connectivity index (χ1) is 9.65. The van der Waals surface area contributed by atoms with E-state index in [2.05, 4.69) is 36.1 Å². The number of aromatic nitrogens is 1. The Hall–Kier alpha value is -0.930. The SMILES string of the molecule is CN(C)C1(C(N)C2CCc3cccnc32)CCCCC1. The fourth-order valence-corrected chi connectivity index (χ4v) is 4.41. The number of hydrogen-bond acceptors (Lipinski definition) is 3. The van der Waals surface area contributed by atoms with E-state index in [1.807, 2.05) is 6.20 Å². The van der Waals surface area contributed by atoms with Gasteiger partial charge in [-0.25, -0.2) is 0 Å². The van der Waals surface area contributed by atoms with E-state index in [0.29, 0.717) is 5.92 Å². The number of nitrogens with two attached hydrogens (primary N) is 1. The van der Waals surface area contributed by atoms with Crippen LogP contribution in [0.4, 0.5) is 0 Å². The fourth-order valence-electron chi connectivity index (χ4n) is 4.41. The van der Waals surface area contributed by atoms with Crippen molar-refractivity contribution in [2.24, 2.45) is 5.73 Å².